The highest BCUT2D eigenvalue weighted by molar-refractivity contribution is 6.30. The summed E-state index contributed by atoms with van der Waals surface area (Å²) < 4.78 is 1.61. The summed E-state index contributed by atoms with van der Waals surface area (Å²) in [6.07, 6.45) is 3.35. The molecule has 0 aliphatic heterocycles. The first-order valence-electron chi connectivity index (χ1n) is 6.98. The minimum absolute atomic E-state index is 0. The normalized spacial score (nSPS) is 11.3. The van der Waals surface area contributed by atoms with Crippen LogP contribution < -0.4 is 16.0 Å². The van der Waals surface area contributed by atoms with Crippen molar-refractivity contribution in [2.45, 2.75) is 6.04 Å². The number of hydrogen-bond donors (Lipinski definition) is 3. The summed E-state index contributed by atoms with van der Waals surface area (Å²) >= 11 is 5.78. The van der Waals surface area contributed by atoms with Crippen LogP contribution in [0.15, 0.2) is 36.7 Å². The van der Waals surface area contributed by atoms with Gasteiger partial charge in [-0.05, 0) is 31.3 Å². The van der Waals surface area contributed by atoms with Crippen LogP contribution in [0.4, 0.5) is 5.69 Å². The van der Waals surface area contributed by atoms with Crippen molar-refractivity contribution in [3.63, 3.8) is 0 Å². The molecule has 0 bridgehead atoms. The number of nitrogens with one attached hydrogen (secondary N) is 3. The van der Waals surface area contributed by atoms with Crippen molar-refractivity contribution in [1.82, 2.24) is 20.4 Å². The van der Waals surface area contributed by atoms with Gasteiger partial charge in [-0.3, -0.25) is 14.3 Å². The maximum absolute atomic E-state index is 12.2. The molecule has 1 aromatic heterocycles. The van der Waals surface area contributed by atoms with Gasteiger partial charge in [-0.25, -0.2) is 0 Å². The maximum Gasteiger partial charge on any atom is 0.243 e. The van der Waals surface area contributed by atoms with E-state index in [9.17, 15) is 9.59 Å². The van der Waals surface area contributed by atoms with Crippen molar-refractivity contribution >= 4 is 41.5 Å². The van der Waals surface area contributed by atoms with Crippen molar-refractivity contribution in [1.29, 1.82) is 0 Å². The topological polar surface area (TPSA) is 88.1 Å². The summed E-state index contributed by atoms with van der Waals surface area (Å²) in [6, 6.07) is 6.17. The van der Waals surface area contributed by atoms with Gasteiger partial charge in [0.1, 0.15) is 6.04 Å². The second-order valence-corrected chi connectivity index (χ2v) is 5.38. The third kappa shape index (κ3) is 5.52. The van der Waals surface area contributed by atoms with Crippen LogP contribution in [0, 0.1) is 0 Å². The van der Waals surface area contributed by atoms with Crippen LogP contribution in [0.5, 0.6) is 0 Å². The van der Waals surface area contributed by atoms with Crippen molar-refractivity contribution in [3.8, 4) is 0 Å². The average Bonchev–Trinajstić information content (AvgIpc) is 2.94. The molecule has 2 aromatic rings. The fraction of sp³-hybridized carbons (Fsp3) is 0.267. The van der Waals surface area contributed by atoms with Crippen LogP contribution in [0.25, 0.3) is 0 Å². The molecule has 0 saturated carbocycles. The first kappa shape index (κ1) is 20.0. The lowest BCUT2D eigenvalue weighted by atomic mass is 10.1. The lowest BCUT2D eigenvalue weighted by Crippen LogP contribution is -2.39. The van der Waals surface area contributed by atoms with E-state index in [0.717, 1.165) is 5.56 Å². The number of benzene rings is 1. The number of amides is 2. The molecule has 2 rings (SSSR count). The van der Waals surface area contributed by atoms with Crippen LogP contribution in [-0.2, 0) is 16.6 Å². The Kier molecular flexibility index (Phi) is 7.70. The predicted molar refractivity (Wildman–Crippen MR) is 95.3 cm³/mol. The minimum atomic E-state index is -0.563. The van der Waals surface area contributed by atoms with Gasteiger partial charge in [0.25, 0.3) is 0 Å². The molecule has 7 nitrogen and oxygen atoms in total. The zero-order chi connectivity index (χ0) is 16.8. The lowest BCUT2D eigenvalue weighted by Gasteiger charge is -2.14. The molecule has 0 radical (unpaired) electrons. The Morgan fingerprint density at radius 3 is 2.50 bits per heavy atom. The quantitative estimate of drug-likeness (QED) is 0.717. The highest BCUT2D eigenvalue weighted by atomic mass is 35.5. The molecule has 3 N–H and O–H groups in total. The third-order valence-corrected chi connectivity index (χ3v) is 3.41. The molecular weight excluding hydrogens is 353 g/mol. The lowest BCUT2D eigenvalue weighted by molar-refractivity contribution is -0.125. The Bertz CT molecular complexity index is 687. The zero-order valence-electron chi connectivity index (χ0n) is 13.2. The van der Waals surface area contributed by atoms with Gasteiger partial charge >= 0.3 is 0 Å². The van der Waals surface area contributed by atoms with Gasteiger partial charge in [-0.1, -0.05) is 11.6 Å². The second-order valence-electron chi connectivity index (χ2n) is 4.94. The number of likely N-dealkylation sites (N-methyl/N-ethyl adjacent to an activating group) is 1. The number of hydrogen-bond acceptors (Lipinski definition) is 4. The molecular formula is C15H19Cl2N5O2. The van der Waals surface area contributed by atoms with Crippen LogP contribution in [0.1, 0.15) is 11.6 Å². The molecule has 130 valence electrons. The molecule has 1 heterocycles. The molecule has 0 aliphatic rings. The first-order chi connectivity index (χ1) is 11.0. The van der Waals surface area contributed by atoms with Crippen LogP contribution in [-0.4, -0.2) is 35.2 Å². The van der Waals surface area contributed by atoms with E-state index in [1.165, 1.54) is 0 Å². The summed E-state index contributed by atoms with van der Waals surface area (Å²) in [4.78, 5) is 24.0. The summed E-state index contributed by atoms with van der Waals surface area (Å²) in [7, 11) is 3.44. The van der Waals surface area contributed by atoms with E-state index < -0.39 is 6.04 Å². The first-order valence-corrected chi connectivity index (χ1v) is 7.36. The standard InChI is InChI=1S/C15H18ClN5O2.ClH/c1-17-14(10-7-19-21(2)9-10)15(23)18-8-13(22)20-12-5-3-11(16)4-6-12;/h3-7,9,14,17H,8H2,1-2H3,(H,18,23)(H,20,22);1H. The second kappa shape index (κ2) is 9.27. The Balaban J connectivity index is 0.00000288. The Labute approximate surface area is 151 Å². The molecule has 0 fully saturated rings. The number of aryl methyl sites for hydroxylation is 1. The van der Waals surface area contributed by atoms with E-state index in [4.69, 9.17) is 11.6 Å². The van der Waals surface area contributed by atoms with E-state index in [1.54, 1.807) is 55.4 Å². The highest BCUT2D eigenvalue weighted by Crippen LogP contribution is 2.13. The van der Waals surface area contributed by atoms with E-state index >= 15 is 0 Å². The minimum Gasteiger partial charge on any atom is -0.345 e. The SMILES string of the molecule is CNC(C(=O)NCC(=O)Nc1ccc(Cl)cc1)c1cnn(C)c1.Cl. The maximum atomic E-state index is 12.2. The van der Waals surface area contributed by atoms with Gasteiger partial charge in [-0.15, -0.1) is 12.4 Å². The summed E-state index contributed by atoms with van der Waals surface area (Å²) in [5, 5.41) is 12.8. The highest BCUT2D eigenvalue weighted by Gasteiger charge is 2.20. The molecule has 1 aromatic carbocycles. The largest absolute Gasteiger partial charge is 0.345 e. The van der Waals surface area contributed by atoms with Crippen molar-refractivity contribution < 1.29 is 9.59 Å². The van der Waals surface area contributed by atoms with E-state index in [1.807, 2.05) is 0 Å². The molecule has 9 heteroatoms. The van der Waals surface area contributed by atoms with Gasteiger partial charge in [-0.2, -0.15) is 5.10 Å². The van der Waals surface area contributed by atoms with Crippen molar-refractivity contribution in [2.75, 3.05) is 18.9 Å². The number of carbonyl (C=O) groups is 2. The average molecular weight is 372 g/mol. The molecule has 2 amide bonds. The third-order valence-electron chi connectivity index (χ3n) is 3.16. The van der Waals surface area contributed by atoms with E-state index in [2.05, 4.69) is 21.0 Å². The van der Waals surface area contributed by atoms with Gasteiger partial charge in [0.2, 0.25) is 11.8 Å². The van der Waals surface area contributed by atoms with Crippen LogP contribution >= 0.6 is 24.0 Å². The van der Waals surface area contributed by atoms with E-state index in [0.29, 0.717) is 10.7 Å². The number of anilines is 1. The molecule has 0 saturated heterocycles. The molecule has 0 aliphatic carbocycles. The zero-order valence-corrected chi connectivity index (χ0v) is 14.8. The Morgan fingerprint density at radius 1 is 1.29 bits per heavy atom. The molecule has 1 unspecified atom stereocenters. The van der Waals surface area contributed by atoms with Crippen molar-refractivity contribution in [2.24, 2.45) is 7.05 Å². The van der Waals surface area contributed by atoms with Crippen molar-refractivity contribution in [3.05, 3.63) is 47.2 Å². The smallest absolute Gasteiger partial charge is 0.243 e. The van der Waals surface area contributed by atoms with Crippen LogP contribution in [0.3, 0.4) is 0 Å². The van der Waals surface area contributed by atoms with E-state index in [-0.39, 0.29) is 30.8 Å². The summed E-state index contributed by atoms with van der Waals surface area (Å²) in [6.45, 7) is -0.125. The molecule has 1 atom stereocenters. The number of nitrogens with zero attached hydrogens (tertiary/aromatic N) is 2. The van der Waals surface area contributed by atoms with Gasteiger partial charge in [0.15, 0.2) is 0 Å². The Hall–Kier alpha value is -2.09. The van der Waals surface area contributed by atoms with Crippen LogP contribution in [0.2, 0.25) is 5.02 Å². The monoisotopic (exact) mass is 371 g/mol. The molecule has 24 heavy (non-hydrogen) atoms. The fourth-order valence-corrected chi connectivity index (χ4v) is 2.17. The number of aromatic nitrogens is 2. The fourth-order valence-electron chi connectivity index (χ4n) is 2.05. The van der Waals surface area contributed by atoms with Gasteiger partial charge in [0, 0.05) is 29.5 Å². The summed E-state index contributed by atoms with van der Waals surface area (Å²) in [5.74, 6) is -0.617. The molecule has 0 spiro atoms. The van der Waals surface area contributed by atoms with Gasteiger partial charge in [0.05, 0.1) is 12.7 Å². The number of carbonyl (C=O) groups excluding carboxylic acids is 2. The number of halogens is 2. The van der Waals surface area contributed by atoms with Gasteiger partial charge < -0.3 is 16.0 Å². The summed E-state index contributed by atoms with van der Waals surface area (Å²) in [5.41, 5.74) is 1.34. The number of rotatable bonds is 6. The predicted octanol–water partition coefficient (Wildman–Crippen LogP) is 1.51. The Morgan fingerprint density at radius 2 is 1.96 bits per heavy atom.